The van der Waals surface area contributed by atoms with E-state index in [0.717, 1.165) is 33.3 Å². The third kappa shape index (κ3) is 2.88. The summed E-state index contributed by atoms with van der Waals surface area (Å²) in [6, 6.07) is 15.1. The van der Waals surface area contributed by atoms with Crippen molar-refractivity contribution in [2.45, 2.75) is 32.4 Å². The Morgan fingerprint density at radius 3 is 2.66 bits per heavy atom. The van der Waals surface area contributed by atoms with E-state index in [1.165, 1.54) is 0 Å². The van der Waals surface area contributed by atoms with Gasteiger partial charge in [-0.15, -0.1) is 0 Å². The Labute approximate surface area is 167 Å². The number of piperidine rings is 1. The fourth-order valence-electron chi connectivity index (χ4n) is 4.20. The number of nitrogens with one attached hydrogen (secondary N) is 1. The zero-order valence-electron chi connectivity index (χ0n) is 15.9. The van der Waals surface area contributed by atoms with Crippen LogP contribution in [-0.2, 0) is 16.1 Å². The predicted octanol–water partition coefficient (Wildman–Crippen LogP) is 2.97. The summed E-state index contributed by atoms with van der Waals surface area (Å²) in [6.07, 6.45) is 0.599. The molecule has 1 atom stereocenters. The van der Waals surface area contributed by atoms with E-state index in [-0.39, 0.29) is 18.2 Å². The maximum atomic E-state index is 13.0. The average molecular weight is 385 g/mol. The molecule has 1 fully saturated rings. The highest BCUT2D eigenvalue weighted by Gasteiger charge is 2.39. The quantitative estimate of drug-likeness (QED) is 0.688. The van der Waals surface area contributed by atoms with Crippen molar-refractivity contribution >= 4 is 28.6 Å². The van der Waals surface area contributed by atoms with E-state index in [4.69, 9.17) is 4.98 Å². The standard InChI is InChI=1S/C23H19N3O3/c1-13-5-6-14-7-8-18(24-19(14)11-13)15-3-2-4-16-17(15)12-26(23(16)29)20-9-10-21(27)25-22(20)28/h2-8,11,20H,9-10,12H2,1H3,(H,25,27,28). The predicted molar refractivity (Wildman–Crippen MR) is 108 cm³/mol. The van der Waals surface area contributed by atoms with E-state index in [1.807, 2.05) is 43.3 Å². The maximum Gasteiger partial charge on any atom is 0.255 e. The number of pyridine rings is 1. The molecule has 3 amide bonds. The van der Waals surface area contributed by atoms with Crippen LogP contribution in [0.1, 0.15) is 34.3 Å². The molecule has 3 aromatic rings. The number of hydrogen-bond donors (Lipinski definition) is 1. The van der Waals surface area contributed by atoms with Gasteiger partial charge < -0.3 is 4.90 Å². The van der Waals surface area contributed by atoms with Crippen molar-refractivity contribution in [3.8, 4) is 11.3 Å². The molecule has 0 bridgehead atoms. The molecule has 0 aliphatic carbocycles. The van der Waals surface area contributed by atoms with Crippen molar-refractivity contribution in [2.24, 2.45) is 0 Å². The summed E-state index contributed by atoms with van der Waals surface area (Å²) in [5.41, 5.74) is 5.22. The van der Waals surface area contributed by atoms with Crippen molar-refractivity contribution in [1.82, 2.24) is 15.2 Å². The molecule has 1 unspecified atom stereocenters. The minimum absolute atomic E-state index is 0.173. The number of fused-ring (bicyclic) bond motifs is 2. The van der Waals surface area contributed by atoms with Gasteiger partial charge in [-0.1, -0.05) is 30.3 Å². The number of carbonyl (C=O) groups is 3. The minimum Gasteiger partial charge on any atom is -0.322 e. The van der Waals surface area contributed by atoms with Crippen molar-refractivity contribution in [2.75, 3.05) is 0 Å². The molecule has 5 rings (SSSR count). The van der Waals surface area contributed by atoms with Gasteiger partial charge in [0, 0.05) is 29.5 Å². The lowest BCUT2D eigenvalue weighted by molar-refractivity contribution is -0.136. The fraction of sp³-hybridized carbons (Fsp3) is 0.217. The van der Waals surface area contributed by atoms with Crippen LogP contribution in [0, 0.1) is 6.92 Å². The maximum absolute atomic E-state index is 13.0. The lowest BCUT2D eigenvalue weighted by Gasteiger charge is -2.29. The molecule has 144 valence electrons. The molecule has 29 heavy (non-hydrogen) atoms. The van der Waals surface area contributed by atoms with E-state index in [2.05, 4.69) is 11.4 Å². The Morgan fingerprint density at radius 2 is 1.83 bits per heavy atom. The van der Waals surface area contributed by atoms with Gasteiger partial charge in [-0.3, -0.25) is 19.7 Å². The van der Waals surface area contributed by atoms with Gasteiger partial charge in [0.05, 0.1) is 11.2 Å². The van der Waals surface area contributed by atoms with E-state index in [0.29, 0.717) is 18.5 Å². The lowest BCUT2D eigenvalue weighted by Crippen LogP contribution is -2.52. The molecular formula is C23H19N3O3. The van der Waals surface area contributed by atoms with Crippen LogP contribution >= 0.6 is 0 Å². The summed E-state index contributed by atoms with van der Waals surface area (Å²) in [4.78, 5) is 43.1. The van der Waals surface area contributed by atoms with Crippen LogP contribution in [-0.4, -0.2) is 33.6 Å². The van der Waals surface area contributed by atoms with E-state index < -0.39 is 11.9 Å². The summed E-state index contributed by atoms with van der Waals surface area (Å²) in [7, 11) is 0. The largest absolute Gasteiger partial charge is 0.322 e. The molecule has 3 heterocycles. The van der Waals surface area contributed by atoms with Gasteiger partial charge in [-0.25, -0.2) is 4.98 Å². The molecule has 1 saturated heterocycles. The van der Waals surface area contributed by atoms with E-state index >= 15 is 0 Å². The van der Waals surface area contributed by atoms with Crippen LogP contribution < -0.4 is 5.32 Å². The average Bonchev–Trinajstić information content (AvgIpc) is 3.04. The molecule has 1 aromatic heterocycles. The number of benzene rings is 2. The van der Waals surface area contributed by atoms with Gasteiger partial charge in [0.25, 0.3) is 5.91 Å². The zero-order valence-corrected chi connectivity index (χ0v) is 15.9. The number of imide groups is 1. The van der Waals surface area contributed by atoms with Gasteiger partial charge in [-0.2, -0.15) is 0 Å². The molecule has 6 heteroatoms. The molecule has 2 aliphatic rings. The van der Waals surface area contributed by atoms with Crippen LogP contribution in [0.25, 0.3) is 22.2 Å². The molecule has 2 aromatic carbocycles. The second-order valence-corrected chi connectivity index (χ2v) is 7.62. The molecule has 0 radical (unpaired) electrons. The van der Waals surface area contributed by atoms with Gasteiger partial charge in [0.15, 0.2) is 0 Å². The number of rotatable bonds is 2. The van der Waals surface area contributed by atoms with Gasteiger partial charge in [-0.05, 0) is 42.7 Å². The third-order valence-electron chi connectivity index (χ3n) is 5.71. The normalized spacial score (nSPS) is 18.9. The molecule has 6 nitrogen and oxygen atoms in total. The Kier molecular flexibility index (Phi) is 3.94. The highest BCUT2D eigenvalue weighted by Crippen LogP contribution is 2.34. The van der Waals surface area contributed by atoms with Crippen LogP contribution in [0.4, 0.5) is 0 Å². The number of aromatic nitrogens is 1. The van der Waals surface area contributed by atoms with Crippen LogP contribution in [0.5, 0.6) is 0 Å². The van der Waals surface area contributed by atoms with Gasteiger partial charge in [0.1, 0.15) is 6.04 Å². The second kappa shape index (κ2) is 6.51. The van der Waals surface area contributed by atoms with Crippen LogP contribution in [0.15, 0.2) is 48.5 Å². The summed E-state index contributed by atoms with van der Waals surface area (Å²) in [6.45, 7) is 2.37. The minimum atomic E-state index is -0.618. The highest BCUT2D eigenvalue weighted by molar-refractivity contribution is 6.06. The smallest absolute Gasteiger partial charge is 0.255 e. The Balaban J connectivity index is 1.54. The fourth-order valence-corrected chi connectivity index (χ4v) is 4.20. The Morgan fingerprint density at radius 1 is 1.03 bits per heavy atom. The molecular weight excluding hydrogens is 366 g/mol. The first-order chi connectivity index (χ1) is 14.0. The number of amides is 3. The number of aryl methyl sites for hydroxylation is 1. The molecule has 0 spiro atoms. The summed E-state index contributed by atoms with van der Waals surface area (Å²) in [5.74, 6) is -0.858. The monoisotopic (exact) mass is 385 g/mol. The van der Waals surface area contributed by atoms with Crippen molar-refractivity contribution in [3.63, 3.8) is 0 Å². The van der Waals surface area contributed by atoms with Gasteiger partial charge >= 0.3 is 0 Å². The highest BCUT2D eigenvalue weighted by atomic mass is 16.2. The lowest BCUT2D eigenvalue weighted by atomic mass is 9.99. The first-order valence-corrected chi connectivity index (χ1v) is 9.65. The summed E-state index contributed by atoms with van der Waals surface area (Å²) < 4.78 is 0. The number of nitrogens with zero attached hydrogens (tertiary/aromatic N) is 2. The summed E-state index contributed by atoms with van der Waals surface area (Å²) >= 11 is 0. The van der Waals surface area contributed by atoms with Crippen molar-refractivity contribution in [3.05, 3.63) is 65.2 Å². The van der Waals surface area contributed by atoms with Crippen molar-refractivity contribution in [1.29, 1.82) is 0 Å². The number of hydrogen-bond acceptors (Lipinski definition) is 4. The number of carbonyl (C=O) groups excluding carboxylic acids is 3. The summed E-state index contributed by atoms with van der Waals surface area (Å²) in [5, 5.41) is 3.40. The molecule has 1 N–H and O–H groups in total. The zero-order chi connectivity index (χ0) is 20.1. The van der Waals surface area contributed by atoms with Crippen LogP contribution in [0.3, 0.4) is 0 Å². The van der Waals surface area contributed by atoms with Crippen LogP contribution in [0.2, 0.25) is 0 Å². The second-order valence-electron chi connectivity index (χ2n) is 7.62. The third-order valence-corrected chi connectivity index (χ3v) is 5.71. The molecule has 2 aliphatic heterocycles. The first kappa shape index (κ1) is 17.6. The Bertz CT molecular complexity index is 1200. The van der Waals surface area contributed by atoms with E-state index in [1.54, 1.807) is 11.0 Å². The SMILES string of the molecule is Cc1ccc2ccc(-c3cccc4c3CN(C3CCC(=O)NC3=O)C4=O)nc2c1. The topological polar surface area (TPSA) is 79.4 Å². The van der Waals surface area contributed by atoms with E-state index in [9.17, 15) is 14.4 Å². The first-order valence-electron chi connectivity index (χ1n) is 9.65. The Hall–Kier alpha value is -3.54. The van der Waals surface area contributed by atoms with Crippen molar-refractivity contribution < 1.29 is 14.4 Å². The van der Waals surface area contributed by atoms with Gasteiger partial charge in [0.2, 0.25) is 11.8 Å². The molecule has 0 saturated carbocycles.